The number of piperidine rings is 1. The van der Waals surface area contributed by atoms with Gasteiger partial charge >= 0.3 is 0 Å². The number of rotatable bonds is 5. The van der Waals surface area contributed by atoms with E-state index in [1.165, 1.54) is 4.31 Å². The molecule has 0 bridgehead atoms. The third-order valence-electron chi connectivity index (χ3n) is 3.72. The van der Waals surface area contributed by atoms with Gasteiger partial charge in [-0.05, 0) is 38.6 Å². The molecule has 0 aromatic rings. The molecule has 0 aliphatic carbocycles. The summed E-state index contributed by atoms with van der Waals surface area (Å²) in [7, 11) is -1.64. The van der Waals surface area contributed by atoms with Gasteiger partial charge in [-0.15, -0.1) is 0 Å². The van der Waals surface area contributed by atoms with E-state index in [0.29, 0.717) is 25.6 Å². The van der Waals surface area contributed by atoms with Crippen LogP contribution in [0.3, 0.4) is 0 Å². The minimum Gasteiger partial charge on any atom is -0.330 e. The zero-order valence-corrected chi connectivity index (χ0v) is 11.9. The van der Waals surface area contributed by atoms with E-state index in [9.17, 15) is 8.42 Å². The average molecular weight is 263 g/mol. The summed E-state index contributed by atoms with van der Waals surface area (Å²) in [4.78, 5) is 0. The van der Waals surface area contributed by atoms with Crippen LogP contribution in [0, 0.1) is 5.92 Å². The first kappa shape index (κ1) is 14.9. The second-order valence-electron chi connectivity index (χ2n) is 4.88. The van der Waals surface area contributed by atoms with Crippen molar-refractivity contribution in [3.8, 4) is 0 Å². The van der Waals surface area contributed by atoms with E-state index in [1.807, 2.05) is 13.8 Å². The molecule has 0 amide bonds. The van der Waals surface area contributed by atoms with Gasteiger partial charge in [-0.2, -0.15) is 17.0 Å². The molecule has 1 fully saturated rings. The van der Waals surface area contributed by atoms with Crippen LogP contribution in [0.2, 0.25) is 0 Å². The van der Waals surface area contributed by atoms with E-state index in [2.05, 4.69) is 0 Å². The highest BCUT2D eigenvalue weighted by molar-refractivity contribution is 7.86. The molecular formula is C11H25N3O2S. The average Bonchev–Trinajstić information content (AvgIpc) is 2.36. The minimum atomic E-state index is -3.31. The number of nitrogens with two attached hydrogens (primary N) is 1. The van der Waals surface area contributed by atoms with Crippen molar-refractivity contribution < 1.29 is 8.42 Å². The number of hydrogen-bond donors (Lipinski definition) is 1. The molecule has 102 valence electrons. The highest BCUT2D eigenvalue weighted by Gasteiger charge is 2.32. The van der Waals surface area contributed by atoms with Crippen LogP contribution in [0.15, 0.2) is 0 Å². The Morgan fingerprint density at radius 2 is 2.18 bits per heavy atom. The summed E-state index contributed by atoms with van der Waals surface area (Å²) in [6, 6.07) is 0.0400. The first-order valence-corrected chi connectivity index (χ1v) is 7.76. The van der Waals surface area contributed by atoms with Gasteiger partial charge < -0.3 is 5.73 Å². The smallest absolute Gasteiger partial charge is 0.281 e. The summed E-state index contributed by atoms with van der Waals surface area (Å²) in [5.74, 6) is 0.309. The Bertz CT molecular complexity index is 332. The van der Waals surface area contributed by atoms with E-state index in [4.69, 9.17) is 5.73 Å². The summed E-state index contributed by atoms with van der Waals surface area (Å²) in [5, 5.41) is 0. The molecule has 0 spiro atoms. The van der Waals surface area contributed by atoms with Crippen LogP contribution in [0.1, 0.15) is 33.1 Å². The Kier molecular flexibility index (Phi) is 5.37. The van der Waals surface area contributed by atoms with E-state index in [1.54, 1.807) is 11.4 Å². The van der Waals surface area contributed by atoms with Gasteiger partial charge in [-0.3, -0.25) is 0 Å². The van der Waals surface area contributed by atoms with Crippen LogP contribution in [0.4, 0.5) is 0 Å². The largest absolute Gasteiger partial charge is 0.330 e. The highest BCUT2D eigenvalue weighted by atomic mass is 32.2. The minimum absolute atomic E-state index is 0.0400. The molecule has 0 aromatic carbocycles. The Hall–Kier alpha value is -0.170. The van der Waals surface area contributed by atoms with Crippen LogP contribution in [0.5, 0.6) is 0 Å². The van der Waals surface area contributed by atoms with E-state index in [0.717, 1.165) is 19.3 Å². The van der Waals surface area contributed by atoms with Crippen molar-refractivity contribution in [1.82, 2.24) is 8.61 Å². The molecule has 2 unspecified atom stereocenters. The fourth-order valence-electron chi connectivity index (χ4n) is 2.10. The van der Waals surface area contributed by atoms with Crippen molar-refractivity contribution in [3.63, 3.8) is 0 Å². The number of nitrogens with zero attached hydrogens (tertiary/aromatic N) is 2. The fourth-order valence-corrected chi connectivity index (χ4v) is 3.82. The van der Waals surface area contributed by atoms with Gasteiger partial charge in [0, 0.05) is 26.2 Å². The monoisotopic (exact) mass is 263 g/mol. The molecule has 2 atom stereocenters. The zero-order chi connectivity index (χ0) is 13.1. The lowest BCUT2D eigenvalue weighted by Gasteiger charge is -2.35. The molecule has 1 saturated heterocycles. The lowest BCUT2D eigenvalue weighted by atomic mass is 10.0. The summed E-state index contributed by atoms with van der Waals surface area (Å²) in [6.07, 6.45) is 2.77. The lowest BCUT2D eigenvalue weighted by Crippen LogP contribution is -2.49. The standard InChI is InChI=1S/C11H25N3O2S/c1-4-10(2)13(3)17(15,16)14-7-5-6-11(8-12)9-14/h10-11H,4-9,12H2,1-3H3. The molecule has 1 aliphatic heterocycles. The second-order valence-corrected chi connectivity index (χ2v) is 6.87. The molecule has 5 nitrogen and oxygen atoms in total. The normalized spacial score (nSPS) is 25.1. The third-order valence-corrected chi connectivity index (χ3v) is 5.79. The molecule has 1 heterocycles. The highest BCUT2D eigenvalue weighted by Crippen LogP contribution is 2.21. The molecule has 0 aromatic heterocycles. The maximum absolute atomic E-state index is 12.4. The molecule has 1 aliphatic rings. The quantitative estimate of drug-likeness (QED) is 0.791. The molecular weight excluding hydrogens is 238 g/mol. The van der Waals surface area contributed by atoms with Crippen LogP contribution < -0.4 is 5.73 Å². The second kappa shape index (κ2) is 6.13. The molecule has 1 rings (SSSR count). The summed E-state index contributed by atoms with van der Waals surface area (Å²) < 4.78 is 27.8. The third kappa shape index (κ3) is 3.40. The lowest BCUT2D eigenvalue weighted by molar-refractivity contribution is 0.246. The first-order chi connectivity index (χ1) is 7.93. The van der Waals surface area contributed by atoms with Crippen molar-refractivity contribution >= 4 is 10.2 Å². The predicted molar refractivity (Wildman–Crippen MR) is 69.8 cm³/mol. The van der Waals surface area contributed by atoms with Gasteiger partial charge in [0.1, 0.15) is 0 Å². The van der Waals surface area contributed by atoms with Crippen molar-refractivity contribution in [2.75, 3.05) is 26.7 Å². The Balaban J connectivity index is 2.76. The number of hydrogen-bond acceptors (Lipinski definition) is 3. The molecule has 0 saturated carbocycles. The Morgan fingerprint density at radius 1 is 1.53 bits per heavy atom. The van der Waals surface area contributed by atoms with E-state index >= 15 is 0 Å². The SMILES string of the molecule is CCC(C)N(C)S(=O)(=O)N1CCCC(CN)C1. The van der Waals surface area contributed by atoms with Gasteiger partial charge in [0.25, 0.3) is 10.2 Å². The van der Waals surface area contributed by atoms with E-state index in [-0.39, 0.29) is 6.04 Å². The van der Waals surface area contributed by atoms with Crippen LogP contribution in [-0.4, -0.2) is 49.8 Å². The van der Waals surface area contributed by atoms with Gasteiger partial charge in [0.05, 0.1) is 0 Å². The van der Waals surface area contributed by atoms with Crippen LogP contribution in [-0.2, 0) is 10.2 Å². The predicted octanol–water partition coefficient (Wildman–Crippen LogP) is 0.632. The van der Waals surface area contributed by atoms with Gasteiger partial charge in [-0.25, -0.2) is 0 Å². The van der Waals surface area contributed by atoms with Crippen molar-refractivity contribution in [2.45, 2.75) is 39.2 Å². The van der Waals surface area contributed by atoms with Crippen LogP contribution in [0.25, 0.3) is 0 Å². The Labute approximate surface area is 105 Å². The van der Waals surface area contributed by atoms with Crippen molar-refractivity contribution in [1.29, 1.82) is 0 Å². The van der Waals surface area contributed by atoms with Gasteiger partial charge in [0.2, 0.25) is 0 Å². The maximum Gasteiger partial charge on any atom is 0.281 e. The summed E-state index contributed by atoms with van der Waals surface area (Å²) >= 11 is 0. The molecule has 6 heteroatoms. The summed E-state index contributed by atoms with van der Waals surface area (Å²) in [6.45, 7) is 5.69. The first-order valence-electron chi connectivity index (χ1n) is 6.36. The Morgan fingerprint density at radius 3 is 2.71 bits per heavy atom. The topological polar surface area (TPSA) is 66.6 Å². The van der Waals surface area contributed by atoms with Gasteiger partial charge in [-0.1, -0.05) is 6.92 Å². The van der Waals surface area contributed by atoms with Crippen LogP contribution >= 0.6 is 0 Å². The zero-order valence-electron chi connectivity index (χ0n) is 11.1. The fraction of sp³-hybridized carbons (Fsp3) is 1.00. The van der Waals surface area contributed by atoms with E-state index < -0.39 is 10.2 Å². The molecule has 0 radical (unpaired) electrons. The maximum atomic E-state index is 12.4. The molecule has 17 heavy (non-hydrogen) atoms. The van der Waals surface area contributed by atoms with Gasteiger partial charge in [0.15, 0.2) is 0 Å². The van der Waals surface area contributed by atoms with Crippen molar-refractivity contribution in [3.05, 3.63) is 0 Å². The molecule has 2 N–H and O–H groups in total. The summed E-state index contributed by atoms with van der Waals surface area (Å²) in [5.41, 5.74) is 5.64. The van der Waals surface area contributed by atoms with Crippen molar-refractivity contribution in [2.24, 2.45) is 11.7 Å².